The van der Waals surface area contributed by atoms with Crippen molar-refractivity contribution in [3.05, 3.63) is 24.3 Å². The molecule has 0 aromatic carbocycles. The minimum Gasteiger partial charge on any atom is -0.480 e. The van der Waals surface area contributed by atoms with E-state index >= 15 is 0 Å². The topological polar surface area (TPSA) is 115 Å². The lowest BCUT2D eigenvalue weighted by Gasteiger charge is -2.11. The predicted octanol–water partition coefficient (Wildman–Crippen LogP) is -0.332. The molecule has 1 aromatic rings. The summed E-state index contributed by atoms with van der Waals surface area (Å²) in [6.07, 6.45) is 3.96. The summed E-state index contributed by atoms with van der Waals surface area (Å²) in [5.74, 6) is -0.508. The summed E-state index contributed by atoms with van der Waals surface area (Å²) in [6.45, 7) is 0. The van der Waals surface area contributed by atoms with E-state index in [-0.39, 0.29) is 6.04 Å². The van der Waals surface area contributed by atoms with Gasteiger partial charge in [-0.3, -0.25) is 4.79 Å². The van der Waals surface area contributed by atoms with E-state index < -0.39 is 12.0 Å². The van der Waals surface area contributed by atoms with Crippen LogP contribution in [0.3, 0.4) is 0 Å². The number of carbonyl (C=O) groups is 1. The molecule has 0 bridgehead atoms. The van der Waals surface area contributed by atoms with Crippen molar-refractivity contribution in [3.63, 3.8) is 0 Å². The third kappa shape index (κ3) is 3.61. The molecular formula is C9H14N4O2. The van der Waals surface area contributed by atoms with Crippen molar-refractivity contribution in [1.82, 2.24) is 9.97 Å². The first kappa shape index (κ1) is 11.5. The van der Waals surface area contributed by atoms with Gasteiger partial charge in [0, 0.05) is 12.4 Å². The van der Waals surface area contributed by atoms with Gasteiger partial charge in [0.2, 0.25) is 0 Å². The lowest BCUT2D eigenvalue weighted by Crippen LogP contribution is -2.31. The van der Waals surface area contributed by atoms with Gasteiger partial charge in [0.05, 0.1) is 6.04 Å². The van der Waals surface area contributed by atoms with Gasteiger partial charge in [-0.1, -0.05) is 0 Å². The van der Waals surface area contributed by atoms with Gasteiger partial charge in [-0.2, -0.15) is 0 Å². The average molecular weight is 210 g/mol. The largest absolute Gasteiger partial charge is 0.480 e. The van der Waals surface area contributed by atoms with Crippen molar-refractivity contribution in [3.8, 4) is 0 Å². The van der Waals surface area contributed by atoms with E-state index in [4.69, 9.17) is 16.6 Å². The zero-order valence-electron chi connectivity index (χ0n) is 8.21. The Balaban J connectivity index is 2.43. The number of rotatable bonds is 5. The van der Waals surface area contributed by atoms with E-state index in [0.29, 0.717) is 18.7 Å². The van der Waals surface area contributed by atoms with Gasteiger partial charge in [-0.05, 0) is 18.9 Å². The number of carboxylic acids is 1. The highest BCUT2D eigenvalue weighted by atomic mass is 16.4. The Kier molecular flexibility index (Phi) is 4.14. The average Bonchev–Trinajstić information content (AvgIpc) is 2.26. The fourth-order valence-corrected chi connectivity index (χ4v) is 1.11. The Labute approximate surface area is 87.3 Å². The molecule has 15 heavy (non-hydrogen) atoms. The molecule has 0 amide bonds. The van der Waals surface area contributed by atoms with E-state index in [1.165, 1.54) is 0 Å². The summed E-state index contributed by atoms with van der Waals surface area (Å²) in [5, 5.41) is 8.57. The lowest BCUT2D eigenvalue weighted by atomic mass is 10.1. The van der Waals surface area contributed by atoms with Crippen molar-refractivity contribution in [2.24, 2.45) is 11.5 Å². The summed E-state index contributed by atoms with van der Waals surface area (Å²) in [4.78, 5) is 18.4. The number of hydrogen-bond acceptors (Lipinski definition) is 5. The highest BCUT2D eigenvalue weighted by Gasteiger charge is 2.15. The normalized spacial score (nSPS) is 14.5. The van der Waals surface area contributed by atoms with E-state index in [1.807, 2.05) is 0 Å². The molecule has 1 rings (SSSR count). The molecule has 0 saturated heterocycles. The van der Waals surface area contributed by atoms with Crippen LogP contribution in [0.5, 0.6) is 0 Å². The van der Waals surface area contributed by atoms with Crippen LogP contribution >= 0.6 is 0 Å². The highest BCUT2D eigenvalue weighted by molar-refractivity contribution is 5.72. The molecule has 1 unspecified atom stereocenters. The highest BCUT2D eigenvalue weighted by Crippen LogP contribution is 2.11. The molecule has 0 saturated carbocycles. The van der Waals surface area contributed by atoms with Crippen LogP contribution in [-0.4, -0.2) is 27.1 Å². The number of carboxylic acid groups (broad SMARTS) is 1. The van der Waals surface area contributed by atoms with Gasteiger partial charge >= 0.3 is 5.97 Å². The zero-order valence-corrected chi connectivity index (χ0v) is 8.21. The number of aromatic nitrogens is 2. The summed E-state index contributed by atoms with van der Waals surface area (Å²) in [5.41, 5.74) is 11.1. The van der Waals surface area contributed by atoms with Crippen LogP contribution in [0.2, 0.25) is 0 Å². The third-order valence-electron chi connectivity index (χ3n) is 2.02. The monoisotopic (exact) mass is 210 g/mol. The van der Waals surface area contributed by atoms with Gasteiger partial charge in [0.1, 0.15) is 11.9 Å². The molecule has 0 aliphatic rings. The van der Waals surface area contributed by atoms with Gasteiger partial charge in [0.15, 0.2) is 0 Å². The zero-order chi connectivity index (χ0) is 11.3. The van der Waals surface area contributed by atoms with Crippen molar-refractivity contribution in [2.75, 3.05) is 0 Å². The van der Waals surface area contributed by atoms with Gasteiger partial charge in [-0.15, -0.1) is 0 Å². The Morgan fingerprint density at radius 2 is 1.93 bits per heavy atom. The van der Waals surface area contributed by atoms with E-state index in [1.54, 1.807) is 18.5 Å². The Morgan fingerprint density at radius 1 is 1.33 bits per heavy atom. The molecule has 1 heterocycles. The molecule has 82 valence electrons. The third-order valence-corrected chi connectivity index (χ3v) is 2.02. The molecule has 6 nitrogen and oxygen atoms in total. The minimum atomic E-state index is -1.02. The SMILES string of the molecule is NC(CC[C@H](N)C(=O)O)c1ncccn1. The fraction of sp³-hybridized carbons (Fsp3) is 0.444. The molecule has 2 atom stereocenters. The van der Waals surface area contributed by atoms with Crippen molar-refractivity contribution in [2.45, 2.75) is 24.9 Å². The summed E-state index contributed by atoms with van der Waals surface area (Å²) in [7, 11) is 0. The molecular weight excluding hydrogens is 196 g/mol. The number of nitrogens with two attached hydrogens (primary N) is 2. The molecule has 0 aliphatic heterocycles. The van der Waals surface area contributed by atoms with E-state index in [0.717, 1.165) is 0 Å². The Morgan fingerprint density at radius 3 is 2.47 bits per heavy atom. The lowest BCUT2D eigenvalue weighted by molar-refractivity contribution is -0.138. The van der Waals surface area contributed by atoms with Gasteiger partial charge in [0.25, 0.3) is 0 Å². The number of nitrogens with zero attached hydrogens (tertiary/aromatic N) is 2. The van der Waals surface area contributed by atoms with Gasteiger partial charge in [-0.25, -0.2) is 9.97 Å². The molecule has 1 aromatic heterocycles. The van der Waals surface area contributed by atoms with Crippen molar-refractivity contribution < 1.29 is 9.90 Å². The smallest absolute Gasteiger partial charge is 0.320 e. The van der Waals surface area contributed by atoms with Crippen LogP contribution < -0.4 is 11.5 Å². The van der Waals surface area contributed by atoms with Crippen molar-refractivity contribution >= 4 is 5.97 Å². The van der Waals surface area contributed by atoms with Crippen LogP contribution in [0.15, 0.2) is 18.5 Å². The molecule has 0 radical (unpaired) electrons. The Hall–Kier alpha value is -1.53. The number of aliphatic carboxylic acids is 1. The Bertz CT molecular complexity index is 317. The maximum Gasteiger partial charge on any atom is 0.320 e. The molecule has 0 spiro atoms. The van der Waals surface area contributed by atoms with Crippen LogP contribution in [-0.2, 0) is 4.79 Å². The van der Waals surface area contributed by atoms with Crippen LogP contribution in [0.1, 0.15) is 24.7 Å². The molecule has 0 aliphatic carbocycles. The predicted molar refractivity (Wildman–Crippen MR) is 53.8 cm³/mol. The summed E-state index contributed by atoms with van der Waals surface area (Å²) >= 11 is 0. The molecule has 5 N–H and O–H groups in total. The van der Waals surface area contributed by atoms with Crippen LogP contribution in [0.25, 0.3) is 0 Å². The fourth-order valence-electron chi connectivity index (χ4n) is 1.11. The van der Waals surface area contributed by atoms with Crippen molar-refractivity contribution in [1.29, 1.82) is 0 Å². The second kappa shape index (κ2) is 5.38. The van der Waals surface area contributed by atoms with Crippen LogP contribution in [0.4, 0.5) is 0 Å². The van der Waals surface area contributed by atoms with Gasteiger partial charge < -0.3 is 16.6 Å². The van der Waals surface area contributed by atoms with E-state index in [9.17, 15) is 4.79 Å². The maximum atomic E-state index is 10.5. The number of hydrogen-bond donors (Lipinski definition) is 3. The molecule has 0 fully saturated rings. The van der Waals surface area contributed by atoms with Crippen LogP contribution in [0, 0.1) is 0 Å². The summed E-state index contributed by atoms with van der Waals surface area (Å²) in [6, 6.07) is 0.454. The van der Waals surface area contributed by atoms with E-state index in [2.05, 4.69) is 9.97 Å². The standard InChI is InChI=1S/C9H14N4O2/c10-6(2-3-7(11)9(14)15)8-12-4-1-5-13-8/h1,4-7H,2-3,10-11H2,(H,14,15)/t6?,7-/m0/s1. The first-order valence-electron chi connectivity index (χ1n) is 4.62. The second-order valence-electron chi connectivity index (χ2n) is 3.24. The second-order valence-corrected chi connectivity index (χ2v) is 3.24. The first-order valence-corrected chi connectivity index (χ1v) is 4.62. The quantitative estimate of drug-likeness (QED) is 0.612. The summed E-state index contributed by atoms with van der Waals surface area (Å²) < 4.78 is 0. The maximum absolute atomic E-state index is 10.5. The minimum absolute atomic E-state index is 0.314. The molecule has 6 heteroatoms. The first-order chi connectivity index (χ1) is 7.11.